The number of carboxylic acids is 1. The number of aromatic carboxylic acids is 1. The number of hydrogen-bond acceptors (Lipinski definition) is 8. The van der Waals surface area contributed by atoms with E-state index in [0.717, 1.165) is 6.07 Å². The number of hydrogen-bond donors (Lipinski definition) is 3. The van der Waals surface area contributed by atoms with Crippen LogP contribution in [0.2, 0.25) is 0 Å². The Morgan fingerprint density at radius 1 is 1.03 bits per heavy atom. The second-order valence-corrected chi connectivity index (χ2v) is 8.28. The summed E-state index contributed by atoms with van der Waals surface area (Å²) >= 11 is 0. The normalized spacial score (nSPS) is 10.4. The number of nitrogens with one attached hydrogen (secondary N) is 2. The number of nitriles is 1. The first-order chi connectivity index (χ1) is 18.6. The van der Waals surface area contributed by atoms with E-state index in [1.165, 1.54) is 44.2 Å². The fourth-order valence-electron chi connectivity index (χ4n) is 3.96. The van der Waals surface area contributed by atoms with Crippen LogP contribution in [0, 0.1) is 11.3 Å². The van der Waals surface area contributed by atoms with Crippen molar-refractivity contribution < 1.29 is 33.5 Å². The highest BCUT2D eigenvalue weighted by Crippen LogP contribution is 2.39. The Hall–Kier alpha value is -5.70. The Morgan fingerprint density at radius 2 is 1.77 bits per heavy atom. The van der Waals surface area contributed by atoms with Gasteiger partial charge in [0.05, 0.1) is 41.1 Å². The van der Waals surface area contributed by atoms with Crippen LogP contribution in [0.15, 0.2) is 59.1 Å². The van der Waals surface area contributed by atoms with Crippen molar-refractivity contribution in [1.82, 2.24) is 5.16 Å². The molecule has 0 radical (unpaired) electrons. The molecule has 0 saturated carbocycles. The van der Waals surface area contributed by atoms with Crippen molar-refractivity contribution in [1.29, 1.82) is 5.26 Å². The molecule has 196 valence electrons. The van der Waals surface area contributed by atoms with Crippen LogP contribution in [0.1, 0.15) is 33.3 Å². The first-order valence-electron chi connectivity index (χ1n) is 11.4. The van der Waals surface area contributed by atoms with Gasteiger partial charge in [0.15, 0.2) is 11.3 Å². The second kappa shape index (κ2) is 10.7. The van der Waals surface area contributed by atoms with Crippen LogP contribution >= 0.6 is 0 Å². The monoisotopic (exact) mass is 527 g/mol. The highest BCUT2D eigenvalue weighted by atomic mass is 16.5. The Morgan fingerprint density at radius 3 is 2.44 bits per heavy atom. The SMILES string of the molecule is COC(=O)N(C)c1cc2onc(C(=O)Nc3ccc(C#N)cc3C(=O)O)c2cc1-c1ccccc1NC(C)=O. The zero-order chi connectivity index (χ0) is 28.3. The van der Waals surface area contributed by atoms with Crippen LogP contribution < -0.4 is 15.5 Å². The van der Waals surface area contributed by atoms with E-state index in [1.807, 2.05) is 6.07 Å². The fourth-order valence-corrected chi connectivity index (χ4v) is 3.96. The summed E-state index contributed by atoms with van der Waals surface area (Å²) in [6.07, 6.45) is -0.674. The minimum absolute atomic E-state index is 0.0408. The van der Waals surface area contributed by atoms with Gasteiger partial charge in [-0.25, -0.2) is 9.59 Å². The number of methoxy groups -OCH3 is 1. The fraction of sp³-hybridized carbons (Fsp3) is 0.111. The molecule has 0 aliphatic heterocycles. The lowest BCUT2D eigenvalue weighted by Crippen LogP contribution is -2.26. The summed E-state index contributed by atoms with van der Waals surface area (Å²) < 4.78 is 10.3. The molecular weight excluding hydrogens is 506 g/mol. The smallest absolute Gasteiger partial charge is 0.413 e. The van der Waals surface area contributed by atoms with Gasteiger partial charge >= 0.3 is 12.1 Å². The van der Waals surface area contributed by atoms with Crippen LogP contribution in [-0.4, -0.2) is 48.3 Å². The third-order valence-electron chi connectivity index (χ3n) is 5.77. The van der Waals surface area contributed by atoms with Crippen LogP contribution in [0.3, 0.4) is 0 Å². The predicted octanol–water partition coefficient (Wildman–Crippen LogP) is 4.48. The summed E-state index contributed by atoms with van der Waals surface area (Å²) in [5.74, 6) is -2.41. The molecule has 12 nitrogen and oxygen atoms in total. The zero-order valence-corrected chi connectivity index (χ0v) is 20.9. The highest BCUT2D eigenvalue weighted by Gasteiger charge is 2.25. The number of ether oxygens (including phenoxy) is 1. The van der Waals surface area contributed by atoms with Gasteiger partial charge in [-0.3, -0.25) is 14.5 Å². The number of aromatic nitrogens is 1. The summed E-state index contributed by atoms with van der Waals surface area (Å²) in [5, 5.41) is 28.0. The van der Waals surface area contributed by atoms with Crippen molar-refractivity contribution in [3.8, 4) is 17.2 Å². The number of nitrogens with zero attached hydrogens (tertiary/aromatic N) is 3. The molecule has 12 heteroatoms. The van der Waals surface area contributed by atoms with E-state index in [-0.39, 0.29) is 39.4 Å². The average molecular weight is 527 g/mol. The van der Waals surface area contributed by atoms with Gasteiger partial charge in [-0.2, -0.15) is 5.26 Å². The Kier molecular flexibility index (Phi) is 7.26. The van der Waals surface area contributed by atoms with E-state index in [2.05, 4.69) is 15.8 Å². The van der Waals surface area contributed by atoms with Gasteiger partial charge in [0.2, 0.25) is 5.91 Å². The summed E-state index contributed by atoms with van der Waals surface area (Å²) in [6, 6.07) is 15.6. The molecule has 0 unspecified atom stereocenters. The molecule has 0 atom stereocenters. The molecule has 4 rings (SSSR count). The van der Waals surface area contributed by atoms with Gasteiger partial charge in [0.25, 0.3) is 5.91 Å². The summed E-state index contributed by atoms with van der Waals surface area (Å²) in [7, 11) is 2.72. The highest BCUT2D eigenvalue weighted by molar-refractivity contribution is 6.14. The summed E-state index contributed by atoms with van der Waals surface area (Å²) in [5.41, 5.74) is 1.58. The molecule has 1 aromatic heterocycles. The van der Waals surface area contributed by atoms with E-state index in [4.69, 9.17) is 14.5 Å². The third kappa shape index (κ3) is 5.23. The molecule has 0 bridgehead atoms. The van der Waals surface area contributed by atoms with Crippen LogP contribution in [0.5, 0.6) is 0 Å². The van der Waals surface area contributed by atoms with Crippen LogP contribution in [0.4, 0.5) is 21.9 Å². The first kappa shape index (κ1) is 26.4. The molecule has 0 fully saturated rings. The van der Waals surface area contributed by atoms with Crippen molar-refractivity contribution in [2.45, 2.75) is 6.92 Å². The number of benzene rings is 3. The average Bonchev–Trinajstić information content (AvgIpc) is 3.34. The molecule has 4 aromatic rings. The molecule has 3 N–H and O–H groups in total. The maximum atomic E-state index is 13.2. The number of rotatable bonds is 6. The zero-order valence-electron chi connectivity index (χ0n) is 20.9. The predicted molar refractivity (Wildman–Crippen MR) is 141 cm³/mol. The van der Waals surface area contributed by atoms with E-state index in [9.17, 15) is 24.3 Å². The topological polar surface area (TPSA) is 175 Å². The molecule has 1 heterocycles. The van der Waals surface area contributed by atoms with Crippen molar-refractivity contribution >= 4 is 51.9 Å². The lowest BCUT2D eigenvalue weighted by molar-refractivity contribution is -0.114. The van der Waals surface area contributed by atoms with Gasteiger partial charge in [-0.15, -0.1) is 0 Å². The molecule has 0 spiro atoms. The molecule has 3 amide bonds. The number of para-hydroxylation sites is 1. The minimum atomic E-state index is -1.33. The Labute approximate surface area is 221 Å². The number of fused-ring (bicyclic) bond motifs is 1. The van der Waals surface area contributed by atoms with E-state index < -0.39 is 18.0 Å². The first-order valence-corrected chi connectivity index (χ1v) is 11.4. The van der Waals surface area contributed by atoms with Crippen LogP contribution in [-0.2, 0) is 9.53 Å². The number of carboxylic acid groups (broad SMARTS) is 1. The maximum absolute atomic E-state index is 13.2. The van der Waals surface area contributed by atoms with Crippen molar-refractivity contribution in [2.75, 3.05) is 29.7 Å². The lowest BCUT2D eigenvalue weighted by atomic mass is 9.98. The maximum Gasteiger partial charge on any atom is 0.413 e. The van der Waals surface area contributed by atoms with Crippen LogP contribution in [0.25, 0.3) is 22.1 Å². The van der Waals surface area contributed by atoms with Gasteiger partial charge in [-0.1, -0.05) is 23.4 Å². The van der Waals surface area contributed by atoms with Crippen molar-refractivity contribution in [3.63, 3.8) is 0 Å². The Balaban J connectivity index is 1.87. The molecular formula is C27H21N5O7. The quantitative estimate of drug-likeness (QED) is 0.326. The lowest BCUT2D eigenvalue weighted by Gasteiger charge is -2.21. The number of carbonyl (C=O) groups excluding carboxylic acids is 3. The summed E-state index contributed by atoms with van der Waals surface area (Å²) in [4.78, 5) is 50.4. The second-order valence-electron chi connectivity index (χ2n) is 8.28. The number of amides is 3. The Bertz CT molecular complexity index is 1690. The van der Waals surface area contributed by atoms with Gasteiger partial charge < -0.3 is 25.0 Å². The van der Waals surface area contributed by atoms with Crippen molar-refractivity contribution in [3.05, 3.63) is 71.4 Å². The minimum Gasteiger partial charge on any atom is -0.478 e. The molecule has 3 aromatic carbocycles. The van der Waals surface area contributed by atoms with E-state index in [0.29, 0.717) is 22.5 Å². The molecule has 39 heavy (non-hydrogen) atoms. The van der Waals surface area contributed by atoms with Crippen molar-refractivity contribution in [2.24, 2.45) is 0 Å². The summed E-state index contributed by atoms with van der Waals surface area (Å²) in [6.45, 7) is 1.36. The van der Waals surface area contributed by atoms with Gasteiger partial charge in [0.1, 0.15) is 0 Å². The third-order valence-corrected chi connectivity index (χ3v) is 5.77. The molecule has 0 saturated heterocycles. The van der Waals surface area contributed by atoms with Gasteiger partial charge in [0, 0.05) is 36.9 Å². The molecule has 0 aliphatic carbocycles. The van der Waals surface area contributed by atoms with E-state index >= 15 is 0 Å². The largest absolute Gasteiger partial charge is 0.478 e. The van der Waals surface area contributed by atoms with Gasteiger partial charge in [-0.05, 0) is 30.3 Å². The number of anilines is 3. The van der Waals surface area contributed by atoms with E-state index in [1.54, 1.807) is 30.3 Å². The molecule has 0 aliphatic rings. The standard InChI is InChI=1S/C27H21N5O7/c1-14(33)29-20-7-5-4-6-16(20)17-11-19-23(12-22(17)32(2)27(37)38-3)39-31-24(19)25(34)30-21-9-8-15(13-28)10-18(21)26(35)36/h4-12H,1-3H3,(H,29,33)(H,30,34)(H,35,36). The number of carbonyl (C=O) groups is 4.